The first-order chi connectivity index (χ1) is 10.2. The van der Waals surface area contributed by atoms with E-state index in [2.05, 4.69) is 15.0 Å². The van der Waals surface area contributed by atoms with Gasteiger partial charge in [0.1, 0.15) is 10.9 Å². The number of H-pyrrole nitrogens is 1. The van der Waals surface area contributed by atoms with Crippen molar-refractivity contribution in [1.82, 2.24) is 15.0 Å². The van der Waals surface area contributed by atoms with E-state index in [1.807, 2.05) is 31.2 Å². The van der Waals surface area contributed by atoms with Crippen LogP contribution in [0.2, 0.25) is 5.15 Å². The number of fused-ring (bicyclic) bond motifs is 1. The standard InChI is InChI=1S/C15H14ClN3OS/c1-2-20-11-4-5-12-13(7-11)19-15(18-12)21-9-10-3-6-14(16)17-8-10/h3-8H,2,9H2,1H3,(H,18,19). The third-order valence-electron chi connectivity index (χ3n) is 2.91. The quantitative estimate of drug-likeness (QED) is 0.562. The Morgan fingerprint density at radius 2 is 2.19 bits per heavy atom. The Bertz CT molecular complexity index is 742. The maximum Gasteiger partial charge on any atom is 0.166 e. The first-order valence-electron chi connectivity index (χ1n) is 6.60. The molecule has 1 N–H and O–H groups in total. The molecule has 4 nitrogen and oxygen atoms in total. The zero-order valence-electron chi connectivity index (χ0n) is 11.5. The van der Waals surface area contributed by atoms with Gasteiger partial charge in [0.15, 0.2) is 5.16 Å². The highest BCUT2D eigenvalue weighted by atomic mass is 35.5. The number of hydrogen-bond donors (Lipinski definition) is 1. The zero-order chi connectivity index (χ0) is 14.7. The van der Waals surface area contributed by atoms with E-state index in [-0.39, 0.29) is 0 Å². The second-order valence-corrected chi connectivity index (χ2v) is 5.78. The molecule has 2 heterocycles. The van der Waals surface area contributed by atoms with E-state index < -0.39 is 0 Å². The summed E-state index contributed by atoms with van der Waals surface area (Å²) in [4.78, 5) is 11.9. The van der Waals surface area contributed by atoms with E-state index >= 15 is 0 Å². The molecule has 1 aromatic carbocycles. The Kier molecular flexibility index (Phi) is 4.31. The summed E-state index contributed by atoms with van der Waals surface area (Å²) in [5.41, 5.74) is 3.03. The van der Waals surface area contributed by atoms with Crippen molar-refractivity contribution in [3.63, 3.8) is 0 Å². The Hall–Kier alpha value is -1.72. The predicted molar refractivity (Wildman–Crippen MR) is 86.1 cm³/mol. The monoisotopic (exact) mass is 319 g/mol. The Balaban J connectivity index is 1.73. The maximum absolute atomic E-state index is 5.77. The van der Waals surface area contributed by atoms with Crippen LogP contribution in [0.25, 0.3) is 11.0 Å². The van der Waals surface area contributed by atoms with Gasteiger partial charge in [-0.25, -0.2) is 9.97 Å². The van der Waals surface area contributed by atoms with Crippen molar-refractivity contribution in [2.45, 2.75) is 17.8 Å². The van der Waals surface area contributed by atoms with Gasteiger partial charge >= 0.3 is 0 Å². The fraction of sp³-hybridized carbons (Fsp3) is 0.200. The molecule has 0 aliphatic rings. The number of imidazole rings is 1. The molecular weight excluding hydrogens is 306 g/mol. The number of aromatic amines is 1. The van der Waals surface area contributed by atoms with Gasteiger partial charge in [-0.1, -0.05) is 29.4 Å². The van der Waals surface area contributed by atoms with Gasteiger partial charge in [-0.2, -0.15) is 0 Å². The smallest absolute Gasteiger partial charge is 0.166 e. The molecule has 3 rings (SSSR count). The van der Waals surface area contributed by atoms with Gasteiger partial charge in [-0.05, 0) is 30.7 Å². The Labute approximate surface area is 131 Å². The zero-order valence-corrected chi connectivity index (χ0v) is 13.0. The molecule has 0 amide bonds. The van der Waals surface area contributed by atoms with Crippen molar-refractivity contribution in [3.05, 3.63) is 47.2 Å². The second-order valence-electron chi connectivity index (χ2n) is 4.43. The molecule has 3 aromatic rings. The van der Waals surface area contributed by atoms with Crippen LogP contribution < -0.4 is 4.74 Å². The number of nitrogens with one attached hydrogen (secondary N) is 1. The van der Waals surface area contributed by atoms with Gasteiger partial charge in [0.05, 0.1) is 17.6 Å². The lowest BCUT2D eigenvalue weighted by molar-refractivity contribution is 0.340. The van der Waals surface area contributed by atoms with E-state index in [1.165, 1.54) is 0 Å². The van der Waals surface area contributed by atoms with Crippen molar-refractivity contribution in [1.29, 1.82) is 0 Å². The number of rotatable bonds is 5. The number of pyridine rings is 1. The average Bonchev–Trinajstić information content (AvgIpc) is 2.89. The number of benzene rings is 1. The highest BCUT2D eigenvalue weighted by Gasteiger charge is 2.05. The summed E-state index contributed by atoms with van der Waals surface area (Å²) in [5.74, 6) is 1.65. The van der Waals surface area contributed by atoms with Gasteiger partial charge in [-0.3, -0.25) is 0 Å². The molecule has 0 unspecified atom stereocenters. The molecular formula is C15H14ClN3OS. The lowest BCUT2D eigenvalue weighted by atomic mass is 10.3. The second kappa shape index (κ2) is 6.37. The van der Waals surface area contributed by atoms with Crippen LogP contribution in [-0.2, 0) is 5.75 Å². The largest absolute Gasteiger partial charge is 0.494 e. The molecule has 0 saturated heterocycles. The Morgan fingerprint density at radius 1 is 1.29 bits per heavy atom. The molecule has 0 bridgehead atoms. The molecule has 0 atom stereocenters. The first kappa shape index (κ1) is 14.2. The maximum atomic E-state index is 5.77. The third kappa shape index (κ3) is 3.49. The highest BCUT2D eigenvalue weighted by Crippen LogP contribution is 2.25. The van der Waals surface area contributed by atoms with Crippen LogP contribution in [-0.4, -0.2) is 21.6 Å². The van der Waals surface area contributed by atoms with Crippen LogP contribution in [0.4, 0.5) is 0 Å². The summed E-state index contributed by atoms with van der Waals surface area (Å²) in [6.45, 7) is 2.63. The van der Waals surface area contributed by atoms with E-state index in [1.54, 1.807) is 24.0 Å². The molecule has 0 aliphatic carbocycles. The van der Waals surface area contributed by atoms with Gasteiger partial charge < -0.3 is 9.72 Å². The van der Waals surface area contributed by atoms with Crippen molar-refractivity contribution in [2.24, 2.45) is 0 Å². The molecule has 6 heteroatoms. The minimum absolute atomic E-state index is 0.510. The number of hydrogen-bond acceptors (Lipinski definition) is 4. The van der Waals surface area contributed by atoms with E-state index in [9.17, 15) is 0 Å². The molecule has 0 saturated carbocycles. The fourth-order valence-electron chi connectivity index (χ4n) is 1.93. The van der Waals surface area contributed by atoms with Crippen molar-refractivity contribution in [2.75, 3.05) is 6.61 Å². The average molecular weight is 320 g/mol. The van der Waals surface area contributed by atoms with Crippen molar-refractivity contribution >= 4 is 34.4 Å². The van der Waals surface area contributed by atoms with Crippen LogP contribution >= 0.6 is 23.4 Å². The third-order valence-corrected chi connectivity index (χ3v) is 4.07. The SMILES string of the molecule is CCOc1ccc2nc(SCc3ccc(Cl)nc3)[nH]c2c1. The number of halogens is 1. The van der Waals surface area contributed by atoms with Gasteiger partial charge in [-0.15, -0.1) is 0 Å². The number of ether oxygens (including phenoxy) is 1. The van der Waals surface area contributed by atoms with E-state index in [0.717, 1.165) is 33.3 Å². The number of thioether (sulfide) groups is 1. The summed E-state index contributed by atoms with van der Waals surface area (Å²) >= 11 is 7.41. The molecule has 108 valence electrons. The lowest BCUT2D eigenvalue weighted by Gasteiger charge is -2.00. The van der Waals surface area contributed by atoms with Crippen LogP contribution in [0.15, 0.2) is 41.7 Å². The fourth-order valence-corrected chi connectivity index (χ4v) is 2.86. The first-order valence-corrected chi connectivity index (χ1v) is 7.97. The minimum Gasteiger partial charge on any atom is -0.494 e. The molecule has 2 aromatic heterocycles. The lowest BCUT2D eigenvalue weighted by Crippen LogP contribution is -1.90. The van der Waals surface area contributed by atoms with Crippen molar-refractivity contribution < 1.29 is 4.74 Å². The summed E-state index contributed by atoms with van der Waals surface area (Å²) in [5, 5.41) is 1.39. The summed E-state index contributed by atoms with van der Waals surface area (Å²) in [6.07, 6.45) is 1.78. The molecule has 0 aliphatic heterocycles. The van der Waals surface area contributed by atoms with Gasteiger partial charge in [0, 0.05) is 18.0 Å². The highest BCUT2D eigenvalue weighted by molar-refractivity contribution is 7.98. The van der Waals surface area contributed by atoms with E-state index in [0.29, 0.717) is 11.8 Å². The number of nitrogens with zero attached hydrogens (tertiary/aromatic N) is 2. The molecule has 0 spiro atoms. The molecule has 0 radical (unpaired) electrons. The van der Waals surface area contributed by atoms with Gasteiger partial charge in [0.25, 0.3) is 0 Å². The van der Waals surface area contributed by atoms with E-state index in [4.69, 9.17) is 16.3 Å². The molecule has 21 heavy (non-hydrogen) atoms. The Morgan fingerprint density at radius 3 is 2.95 bits per heavy atom. The summed E-state index contributed by atoms with van der Waals surface area (Å²) < 4.78 is 5.49. The molecule has 0 fully saturated rings. The van der Waals surface area contributed by atoms with Crippen LogP contribution in [0, 0.1) is 0 Å². The summed E-state index contributed by atoms with van der Waals surface area (Å²) in [6, 6.07) is 9.64. The predicted octanol–water partition coefficient (Wildman–Crippen LogP) is 4.30. The normalized spacial score (nSPS) is 11.0. The van der Waals surface area contributed by atoms with Gasteiger partial charge in [0.2, 0.25) is 0 Å². The van der Waals surface area contributed by atoms with Crippen molar-refractivity contribution in [3.8, 4) is 5.75 Å². The van der Waals surface area contributed by atoms with Crippen LogP contribution in [0.1, 0.15) is 12.5 Å². The minimum atomic E-state index is 0.510. The summed E-state index contributed by atoms with van der Waals surface area (Å²) in [7, 11) is 0. The topological polar surface area (TPSA) is 50.8 Å². The van der Waals surface area contributed by atoms with Crippen LogP contribution in [0.5, 0.6) is 5.75 Å². The number of aromatic nitrogens is 3. The van der Waals surface area contributed by atoms with Crippen LogP contribution in [0.3, 0.4) is 0 Å².